The van der Waals surface area contributed by atoms with Gasteiger partial charge in [-0.3, -0.25) is 0 Å². The molecule has 1 fully saturated rings. The first-order valence-electron chi connectivity index (χ1n) is 5.99. The summed E-state index contributed by atoms with van der Waals surface area (Å²) in [4.78, 5) is 16.3. The van der Waals surface area contributed by atoms with Crippen LogP contribution in [0.4, 0.5) is 10.8 Å². The minimum absolute atomic E-state index is 0.271. The fourth-order valence-corrected chi connectivity index (χ4v) is 2.77. The van der Waals surface area contributed by atoms with E-state index < -0.39 is 0 Å². The maximum Gasteiger partial charge on any atom is 0.345 e. The van der Waals surface area contributed by atoms with Crippen molar-refractivity contribution in [1.82, 2.24) is 9.27 Å². The Morgan fingerprint density at radius 1 is 1.44 bits per heavy atom. The Morgan fingerprint density at radius 3 is 2.72 bits per heavy atom. The molecule has 7 heteroatoms. The van der Waals surface area contributed by atoms with E-state index in [1.54, 1.807) is 6.92 Å². The SMILES string of the molecule is CCOC(=O)c1c(N)nsc1N1CCN(C)CC1. The molecule has 0 aromatic carbocycles. The van der Waals surface area contributed by atoms with E-state index in [0.29, 0.717) is 12.2 Å². The molecule has 0 atom stereocenters. The van der Waals surface area contributed by atoms with Gasteiger partial charge in [-0.05, 0) is 25.5 Å². The Labute approximate surface area is 110 Å². The molecule has 1 aromatic heterocycles. The number of nitrogen functional groups attached to an aromatic ring is 1. The van der Waals surface area contributed by atoms with Crippen LogP contribution in [-0.4, -0.2) is 55.1 Å². The number of esters is 1. The lowest BCUT2D eigenvalue weighted by atomic mass is 10.2. The zero-order valence-corrected chi connectivity index (χ0v) is 11.5. The zero-order chi connectivity index (χ0) is 13.1. The lowest BCUT2D eigenvalue weighted by Crippen LogP contribution is -2.44. The number of ether oxygens (including phenoxy) is 1. The highest BCUT2D eigenvalue weighted by Gasteiger charge is 2.26. The summed E-state index contributed by atoms with van der Waals surface area (Å²) in [5.41, 5.74) is 6.19. The summed E-state index contributed by atoms with van der Waals surface area (Å²) < 4.78 is 9.11. The highest BCUT2D eigenvalue weighted by atomic mass is 32.1. The zero-order valence-electron chi connectivity index (χ0n) is 10.7. The topological polar surface area (TPSA) is 71.7 Å². The van der Waals surface area contributed by atoms with Gasteiger partial charge < -0.3 is 20.3 Å². The van der Waals surface area contributed by atoms with Crippen molar-refractivity contribution in [2.45, 2.75) is 6.92 Å². The second kappa shape index (κ2) is 5.53. The number of hydrogen-bond acceptors (Lipinski definition) is 7. The van der Waals surface area contributed by atoms with Crippen LogP contribution in [-0.2, 0) is 4.74 Å². The van der Waals surface area contributed by atoms with Crippen LogP contribution in [0.25, 0.3) is 0 Å². The molecule has 18 heavy (non-hydrogen) atoms. The third kappa shape index (κ3) is 2.56. The molecule has 0 saturated carbocycles. The van der Waals surface area contributed by atoms with Gasteiger partial charge >= 0.3 is 5.97 Å². The molecule has 0 aliphatic carbocycles. The number of carbonyl (C=O) groups is 1. The van der Waals surface area contributed by atoms with E-state index in [9.17, 15) is 4.79 Å². The molecule has 0 amide bonds. The Hall–Kier alpha value is -1.34. The van der Waals surface area contributed by atoms with Gasteiger partial charge in [0.25, 0.3) is 0 Å². The van der Waals surface area contributed by atoms with Crippen LogP contribution >= 0.6 is 11.5 Å². The number of nitrogens with two attached hydrogens (primary N) is 1. The van der Waals surface area contributed by atoms with Crippen LogP contribution in [0.2, 0.25) is 0 Å². The van der Waals surface area contributed by atoms with Gasteiger partial charge in [0.1, 0.15) is 10.6 Å². The summed E-state index contributed by atoms with van der Waals surface area (Å²) in [7, 11) is 2.09. The molecule has 0 bridgehead atoms. The van der Waals surface area contributed by atoms with Crippen molar-refractivity contribution in [3.8, 4) is 0 Å². The smallest absolute Gasteiger partial charge is 0.345 e. The summed E-state index contributed by atoms with van der Waals surface area (Å²) in [5.74, 6) is -0.106. The Kier molecular flexibility index (Phi) is 4.03. The van der Waals surface area contributed by atoms with Crippen molar-refractivity contribution in [2.24, 2.45) is 0 Å². The molecule has 2 rings (SSSR count). The lowest BCUT2D eigenvalue weighted by Gasteiger charge is -2.33. The second-order valence-corrected chi connectivity index (χ2v) is 5.01. The third-order valence-electron chi connectivity index (χ3n) is 2.97. The minimum atomic E-state index is -0.377. The second-order valence-electron chi connectivity index (χ2n) is 4.26. The van der Waals surface area contributed by atoms with Gasteiger partial charge in [0.05, 0.1) is 6.61 Å². The summed E-state index contributed by atoms with van der Waals surface area (Å²) in [6.07, 6.45) is 0. The fraction of sp³-hybridized carbons (Fsp3) is 0.636. The molecular weight excluding hydrogens is 252 g/mol. The Balaban J connectivity index is 2.20. The van der Waals surface area contributed by atoms with Crippen molar-refractivity contribution in [2.75, 3.05) is 50.5 Å². The maximum atomic E-state index is 11.9. The van der Waals surface area contributed by atoms with E-state index in [1.807, 2.05) is 0 Å². The Bertz CT molecular complexity index is 427. The third-order valence-corrected chi connectivity index (χ3v) is 3.89. The van der Waals surface area contributed by atoms with Crippen molar-refractivity contribution in [1.29, 1.82) is 0 Å². The van der Waals surface area contributed by atoms with Gasteiger partial charge in [-0.25, -0.2) is 4.79 Å². The number of nitrogens with zero attached hydrogens (tertiary/aromatic N) is 3. The highest BCUT2D eigenvalue weighted by molar-refractivity contribution is 7.11. The van der Waals surface area contributed by atoms with Gasteiger partial charge in [0.15, 0.2) is 5.82 Å². The van der Waals surface area contributed by atoms with E-state index in [-0.39, 0.29) is 11.8 Å². The molecule has 1 saturated heterocycles. The summed E-state index contributed by atoms with van der Waals surface area (Å²) >= 11 is 1.27. The lowest BCUT2D eigenvalue weighted by molar-refractivity contribution is 0.0528. The molecule has 100 valence electrons. The summed E-state index contributed by atoms with van der Waals surface area (Å²) in [6.45, 7) is 5.83. The average molecular weight is 270 g/mol. The number of carbonyl (C=O) groups excluding carboxylic acids is 1. The average Bonchev–Trinajstić information content (AvgIpc) is 2.72. The van der Waals surface area contributed by atoms with Gasteiger partial charge in [-0.1, -0.05) is 0 Å². The van der Waals surface area contributed by atoms with Crippen LogP contribution in [0.1, 0.15) is 17.3 Å². The van der Waals surface area contributed by atoms with Crippen LogP contribution in [0.3, 0.4) is 0 Å². The Morgan fingerprint density at radius 2 is 2.11 bits per heavy atom. The molecule has 2 heterocycles. The number of anilines is 2. The van der Waals surface area contributed by atoms with Crippen molar-refractivity contribution >= 4 is 28.3 Å². The number of likely N-dealkylation sites (N-methyl/N-ethyl adjacent to an activating group) is 1. The molecule has 2 N–H and O–H groups in total. The number of aromatic nitrogens is 1. The summed E-state index contributed by atoms with van der Waals surface area (Å²) in [6, 6.07) is 0. The molecule has 0 radical (unpaired) electrons. The number of hydrogen-bond donors (Lipinski definition) is 1. The standard InChI is InChI=1S/C11H18N4O2S/c1-3-17-11(16)8-9(12)13-18-10(8)15-6-4-14(2)5-7-15/h3-7H2,1-2H3,(H2,12,13). The van der Waals surface area contributed by atoms with Crippen molar-refractivity contribution < 1.29 is 9.53 Å². The van der Waals surface area contributed by atoms with Crippen LogP contribution in [0, 0.1) is 0 Å². The first-order chi connectivity index (χ1) is 8.63. The van der Waals surface area contributed by atoms with Gasteiger partial charge in [0, 0.05) is 26.2 Å². The van der Waals surface area contributed by atoms with E-state index in [2.05, 4.69) is 21.2 Å². The minimum Gasteiger partial charge on any atom is -0.462 e. The van der Waals surface area contributed by atoms with E-state index >= 15 is 0 Å². The van der Waals surface area contributed by atoms with Crippen LogP contribution < -0.4 is 10.6 Å². The van der Waals surface area contributed by atoms with E-state index in [0.717, 1.165) is 31.2 Å². The van der Waals surface area contributed by atoms with Crippen molar-refractivity contribution in [3.63, 3.8) is 0 Å². The van der Waals surface area contributed by atoms with Crippen LogP contribution in [0.15, 0.2) is 0 Å². The molecule has 0 unspecified atom stereocenters. The molecule has 1 aliphatic rings. The van der Waals surface area contributed by atoms with Crippen LogP contribution in [0.5, 0.6) is 0 Å². The molecular formula is C11H18N4O2S. The number of rotatable bonds is 3. The predicted molar refractivity (Wildman–Crippen MR) is 72.2 cm³/mol. The van der Waals surface area contributed by atoms with Gasteiger partial charge in [-0.2, -0.15) is 4.37 Å². The monoisotopic (exact) mass is 270 g/mol. The normalized spacial score (nSPS) is 16.9. The first-order valence-corrected chi connectivity index (χ1v) is 6.76. The largest absolute Gasteiger partial charge is 0.462 e. The van der Waals surface area contributed by atoms with E-state index in [1.165, 1.54) is 11.5 Å². The molecule has 1 aliphatic heterocycles. The highest BCUT2D eigenvalue weighted by Crippen LogP contribution is 2.31. The van der Waals surface area contributed by atoms with Gasteiger partial charge in [0.2, 0.25) is 0 Å². The van der Waals surface area contributed by atoms with E-state index in [4.69, 9.17) is 10.5 Å². The maximum absolute atomic E-state index is 11.9. The quantitative estimate of drug-likeness (QED) is 0.813. The molecule has 1 aromatic rings. The molecule has 6 nitrogen and oxygen atoms in total. The van der Waals surface area contributed by atoms with Crippen molar-refractivity contribution in [3.05, 3.63) is 5.56 Å². The molecule has 0 spiro atoms. The predicted octanol–water partition coefficient (Wildman–Crippen LogP) is 0.654. The first kappa shape index (κ1) is 13.1. The summed E-state index contributed by atoms with van der Waals surface area (Å²) in [5, 5.41) is 0.832. The van der Waals surface area contributed by atoms with Gasteiger partial charge in [-0.15, -0.1) is 0 Å². The number of piperazine rings is 1. The fourth-order valence-electron chi connectivity index (χ4n) is 1.91.